The number of nitrogens with one attached hydrogen (secondary N) is 3. The highest BCUT2D eigenvalue weighted by Crippen LogP contribution is 2.24. The first-order chi connectivity index (χ1) is 14.9. The molecule has 11 heteroatoms. The zero-order valence-electron chi connectivity index (χ0n) is 16.4. The molecule has 0 radical (unpaired) electrons. The minimum Gasteiger partial charge on any atom is -0.394 e. The fourth-order valence-electron chi connectivity index (χ4n) is 2.89. The number of pyridine rings is 1. The Morgan fingerprint density at radius 1 is 1.23 bits per heavy atom. The molecule has 0 aliphatic heterocycles. The molecule has 166 valence electrons. The van der Waals surface area contributed by atoms with Crippen LogP contribution in [-0.4, -0.2) is 53.0 Å². The highest BCUT2D eigenvalue weighted by atomic mass is 19.4. The number of fused-ring (bicyclic) bond motifs is 1. The summed E-state index contributed by atoms with van der Waals surface area (Å²) in [4.78, 5) is 21.1. The number of rotatable bonds is 9. The number of imidazole rings is 1. The molecule has 0 aliphatic carbocycles. The minimum atomic E-state index is -4.48. The number of carbonyl (C=O) groups excluding carboxylic acids is 1. The van der Waals surface area contributed by atoms with Crippen molar-refractivity contribution in [1.82, 2.24) is 20.2 Å². The summed E-state index contributed by atoms with van der Waals surface area (Å²) in [7, 11) is 0. The van der Waals surface area contributed by atoms with Gasteiger partial charge in [-0.05, 0) is 36.2 Å². The molecule has 0 saturated carbocycles. The van der Waals surface area contributed by atoms with E-state index in [0.29, 0.717) is 18.7 Å². The molecule has 3 rings (SSSR count). The van der Waals surface area contributed by atoms with Gasteiger partial charge in [0.1, 0.15) is 12.2 Å². The fourth-order valence-corrected chi connectivity index (χ4v) is 2.89. The monoisotopic (exact) mass is 437 g/mol. The first kappa shape index (κ1) is 22.5. The number of amides is 2. The number of aliphatic hydroxyl groups is 1. The average Bonchev–Trinajstić information content (AvgIpc) is 3.15. The molecule has 2 aromatic heterocycles. The maximum absolute atomic E-state index is 12.2. The molecule has 3 aromatic rings. The van der Waals surface area contributed by atoms with E-state index < -0.39 is 18.8 Å². The van der Waals surface area contributed by atoms with E-state index in [0.717, 1.165) is 22.5 Å². The Hall–Kier alpha value is -3.15. The zero-order valence-corrected chi connectivity index (χ0v) is 16.4. The number of aliphatic hydroxyl groups excluding tert-OH is 1. The summed E-state index contributed by atoms with van der Waals surface area (Å²) in [5.74, 6) is 0. The Labute approximate surface area is 176 Å². The van der Waals surface area contributed by atoms with Crippen molar-refractivity contribution in [2.75, 3.05) is 31.6 Å². The smallest absolute Gasteiger partial charge is 0.394 e. The Morgan fingerprint density at radius 3 is 2.84 bits per heavy atom. The van der Waals surface area contributed by atoms with Gasteiger partial charge in [0.25, 0.3) is 0 Å². The quantitative estimate of drug-likeness (QED) is 0.305. The van der Waals surface area contributed by atoms with Crippen LogP contribution in [0.5, 0.6) is 0 Å². The van der Waals surface area contributed by atoms with Crippen LogP contribution in [0, 0.1) is 0 Å². The lowest BCUT2D eigenvalue weighted by Gasteiger charge is -2.11. The summed E-state index contributed by atoms with van der Waals surface area (Å²) in [5.41, 5.74) is 6.40. The van der Waals surface area contributed by atoms with Gasteiger partial charge in [-0.15, -0.1) is 0 Å². The number of nitrogens with zero attached hydrogens (tertiary/aromatic N) is 2. The molecular weight excluding hydrogens is 415 g/mol. The van der Waals surface area contributed by atoms with Crippen LogP contribution in [0.2, 0.25) is 0 Å². The molecule has 0 bridgehead atoms. The van der Waals surface area contributed by atoms with E-state index in [1.165, 1.54) is 0 Å². The van der Waals surface area contributed by atoms with Gasteiger partial charge >= 0.3 is 12.2 Å². The molecule has 0 atom stereocenters. The summed E-state index contributed by atoms with van der Waals surface area (Å²) in [6.07, 6.45) is -0.212. The topological polar surface area (TPSA) is 99.9 Å². The summed E-state index contributed by atoms with van der Waals surface area (Å²) in [6, 6.07) is 9.70. The third-order valence-electron chi connectivity index (χ3n) is 4.25. The van der Waals surface area contributed by atoms with Crippen LogP contribution in [-0.2, 0) is 11.3 Å². The molecule has 0 unspecified atom stereocenters. The second kappa shape index (κ2) is 10.2. The third kappa shape index (κ3) is 6.67. The van der Waals surface area contributed by atoms with Crippen LogP contribution in [0.15, 0.2) is 48.8 Å². The van der Waals surface area contributed by atoms with Crippen LogP contribution in [0.3, 0.4) is 0 Å². The van der Waals surface area contributed by atoms with Gasteiger partial charge in [-0.1, -0.05) is 12.1 Å². The van der Waals surface area contributed by atoms with Crippen molar-refractivity contribution in [3.8, 4) is 11.3 Å². The standard InChI is InChI=1S/C20H22F3N5O3/c21-20(22,23)13-25-19(30)27-16-3-1-2-15(11-16)17-12-24-18-10-14(5-7-28(17)18)4-6-26-31-9-8-29/h1-3,5,7,10-12,26,29H,4,6,8-9,13H2,(H2,25,27,30). The number of hydroxylamine groups is 1. The van der Waals surface area contributed by atoms with Crippen molar-refractivity contribution in [3.63, 3.8) is 0 Å². The molecule has 0 saturated heterocycles. The highest BCUT2D eigenvalue weighted by Gasteiger charge is 2.27. The summed E-state index contributed by atoms with van der Waals surface area (Å²) < 4.78 is 38.6. The van der Waals surface area contributed by atoms with Gasteiger partial charge in [-0.3, -0.25) is 9.24 Å². The van der Waals surface area contributed by atoms with Gasteiger partial charge in [0.2, 0.25) is 0 Å². The van der Waals surface area contributed by atoms with Crippen LogP contribution in [0.4, 0.5) is 23.7 Å². The predicted octanol–water partition coefficient (Wildman–Crippen LogP) is 2.74. The fraction of sp³-hybridized carbons (Fsp3) is 0.300. The molecule has 31 heavy (non-hydrogen) atoms. The Bertz CT molecular complexity index is 1020. The van der Waals surface area contributed by atoms with Gasteiger partial charge in [0.15, 0.2) is 0 Å². The number of halogens is 3. The van der Waals surface area contributed by atoms with E-state index in [1.807, 2.05) is 28.8 Å². The molecule has 1 aromatic carbocycles. The Kier molecular flexibility index (Phi) is 7.45. The lowest BCUT2D eigenvalue weighted by Crippen LogP contribution is -2.36. The number of hydrogen-bond donors (Lipinski definition) is 4. The van der Waals surface area contributed by atoms with Gasteiger partial charge in [-0.2, -0.15) is 13.2 Å². The number of carbonyl (C=O) groups is 1. The SMILES string of the molecule is O=C(NCC(F)(F)F)Nc1cccc(-c2cnc3cc(CCNOCCO)ccn23)c1. The summed E-state index contributed by atoms with van der Waals surface area (Å²) in [5, 5.41) is 12.8. The number of aromatic nitrogens is 2. The lowest BCUT2D eigenvalue weighted by atomic mass is 10.1. The molecule has 4 N–H and O–H groups in total. The van der Waals surface area contributed by atoms with Gasteiger partial charge < -0.3 is 15.7 Å². The molecule has 2 amide bonds. The van der Waals surface area contributed by atoms with Crippen molar-refractivity contribution in [1.29, 1.82) is 0 Å². The Balaban J connectivity index is 1.67. The van der Waals surface area contributed by atoms with Crippen LogP contribution < -0.4 is 16.1 Å². The van der Waals surface area contributed by atoms with Crippen LogP contribution in [0.25, 0.3) is 16.9 Å². The zero-order chi connectivity index (χ0) is 22.3. The van der Waals surface area contributed by atoms with Crippen molar-refractivity contribution in [2.24, 2.45) is 0 Å². The Morgan fingerprint density at radius 2 is 2.06 bits per heavy atom. The van der Waals surface area contributed by atoms with Crippen LogP contribution in [0.1, 0.15) is 5.56 Å². The largest absolute Gasteiger partial charge is 0.405 e. The van der Waals surface area contributed by atoms with Crippen LogP contribution >= 0.6 is 0 Å². The summed E-state index contributed by atoms with van der Waals surface area (Å²) in [6.45, 7) is -0.656. The number of anilines is 1. The van der Waals surface area contributed by atoms with E-state index in [2.05, 4.69) is 15.8 Å². The highest BCUT2D eigenvalue weighted by molar-refractivity contribution is 5.90. The second-order valence-corrected chi connectivity index (χ2v) is 6.63. The maximum Gasteiger partial charge on any atom is 0.405 e. The molecule has 2 heterocycles. The molecule has 0 aliphatic rings. The molecule has 0 fully saturated rings. The van der Waals surface area contributed by atoms with Crippen molar-refractivity contribution >= 4 is 17.4 Å². The van der Waals surface area contributed by atoms with E-state index in [-0.39, 0.29) is 13.2 Å². The lowest BCUT2D eigenvalue weighted by molar-refractivity contribution is -0.122. The second-order valence-electron chi connectivity index (χ2n) is 6.63. The van der Waals surface area contributed by atoms with Crippen molar-refractivity contribution in [2.45, 2.75) is 12.6 Å². The third-order valence-corrected chi connectivity index (χ3v) is 4.25. The minimum absolute atomic E-state index is 0.0508. The van der Waals surface area contributed by atoms with E-state index >= 15 is 0 Å². The van der Waals surface area contributed by atoms with Gasteiger partial charge in [-0.25, -0.2) is 15.3 Å². The molecule has 8 nitrogen and oxygen atoms in total. The van der Waals surface area contributed by atoms with Crippen molar-refractivity contribution in [3.05, 3.63) is 54.4 Å². The predicted molar refractivity (Wildman–Crippen MR) is 108 cm³/mol. The number of hydrogen-bond acceptors (Lipinski definition) is 5. The number of alkyl halides is 3. The molecule has 0 spiro atoms. The van der Waals surface area contributed by atoms with Gasteiger partial charge in [0.05, 0.1) is 25.1 Å². The summed E-state index contributed by atoms with van der Waals surface area (Å²) >= 11 is 0. The maximum atomic E-state index is 12.2. The van der Waals surface area contributed by atoms with E-state index in [1.54, 1.807) is 29.7 Å². The van der Waals surface area contributed by atoms with Gasteiger partial charge in [0, 0.05) is 24.0 Å². The first-order valence-corrected chi connectivity index (χ1v) is 9.49. The van der Waals surface area contributed by atoms with E-state index in [4.69, 9.17) is 9.94 Å². The molecular formula is C20H22F3N5O3. The van der Waals surface area contributed by atoms with E-state index in [9.17, 15) is 18.0 Å². The van der Waals surface area contributed by atoms with Crippen molar-refractivity contribution < 1.29 is 27.9 Å². The normalized spacial score (nSPS) is 11.6. The average molecular weight is 437 g/mol. The number of urea groups is 1. The first-order valence-electron chi connectivity index (χ1n) is 9.49. The number of benzene rings is 1.